The standard InChI is InChI=1S/C15H18N4S/c1-10(2)19-5-3-12(18-19)8-13(16)11-7-15-14(17-9-11)4-6-20-15/h3-7,9-10,13H,8,16H2,1-2H3. The molecule has 3 heterocycles. The van der Waals surface area contributed by atoms with Crippen molar-refractivity contribution in [3.8, 4) is 0 Å². The zero-order valence-electron chi connectivity index (χ0n) is 11.7. The van der Waals surface area contributed by atoms with Crippen LogP contribution < -0.4 is 5.73 Å². The number of thiophene rings is 1. The zero-order chi connectivity index (χ0) is 14.1. The van der Waals surface area contributed by atoms with Gasteiger partial charge >= 0.3 is 0 Å². The molecule has 4 nitrogen and oxygen atoms in total. The average Bonchev–Trinajstić information content (AvgIpc) is 3.05. The molecule has 0 bridgehead atoms. The largest absolute Gasteiger partial charge is 0.324 e. The number of pyridine rings is 1. The maximum absolute atomic E-state index is 6.29. The van der Waals surface area contributed by atoms with Gasteiger partial charge in [0, 0.05) is 30.9 Å². The van der Waals surface area contributed by atoms with Crippen molar-refractivity contribution in [1.82, 2.24) is 14.8 Å². The fourth-order valence-corrected chi connectivity index (χ4v) is 2.97. The minimum absolute atomic E-state index is 0.0653. The number of nitrogens with zero attached hydrogens (tertiary/aromatic N) is 3. The van der Waals surface area contributed by atoms with Gasteiger partial charge in [0.05, 0.1) is 15.9 Å². The Hall–Kier alpha value is -1.72. The van der Waals surface area contributed by atoms with Gasteiger partial charge in [-0.2, -0.15) is 5.10 Å². The van der Waals surface area contributed by atoms with E-state index in [2.05, 4.69) is 35.4 Å². The summed E-state index contributed by atoms with van der Waals surface area (Å²) in [6.45, 7) is 4.23. The Balaban J connectivity index is 1.78. The van der Waals surface area contributed by atoms with E-state index < -0.39 is 0 Å². The average molecular weight is 286 g/mol. The van der Waals surface area contributed by atoms with Crippen LogP contribution in [0.4, 0.5) is 0 Å². The van der Waals surface area contributed by atoms with E-state index in [9.17, 15) is 0 Å². The third-order valence-corrected chi connectivity index (χ3v) is 4.23. The highest BCUT2D eigenvalue weighted by atomic mass is 32.1. The summed E-state index contributed by atoms with van der Waals surface area (Å²) in [5.74, 6) is 0. The first-order valence-corrected chi connectivity index (χ1v) is 7.64. The minimum atomic E-state index is -0.0653. The number of hydrogen-bond donors (Lipinski definition) is 1. The van der Waals surface area contributed by atoms with Crippen LogP contribution in [0.2, 0.25) is 0 Å². The van der Waals surface area contributed by atoms with Gasteiger partial charge in [-0.3, -0.25) is 9.67 Å². The molecule has 2 N–H and O–H groups in total. The van der Waals surface area contributed by atoms with Gasteiger partial charge in [0.25, 0.3) is 0 Å². The Morgan fingerprint density at radius 1 is 1.35 bits per heavy atom. The van der Waals surface area contributed by atoms with Crippen LogP contribution in [0.15, 0.2) is 36.0 Å². The van der Waals surface area contributed by atoms with Crippen LogP contribution in [0.5, 0.6) is 0 Å². The highest BCUT2D eigenvalue weighted by molar-refractivity contribution is 7.17. The first-order valence-electron chi connectivity index (χ1n) is 6.76. The van der Waals surface area contributed by atoms with Gasteiger partial charge in [-0.05, 0) is 43.0 Å². The second kappa shape index (κ2) is 5.34. The third-order valence-electron chi connectivity index (χ3n) is 3.37. The van der Waals surface area contributed by atoms with E-state index in [0.717, 1.165) is 23.2 Å². The Morgan fingerprint density at radius 3 is 2.95 bits per heavy atom. The van der Waals surface area contributed by atoms with Gasteiger partial charge in [-0.15, -0.1) is 11.3 Å². The van der Waals surface area contributed by atoms with Crippen LogP contribution >= 0.6 is 11.3 Å². The zero-order valence-corrected chi connectivity index (χ0v) is 12.5. The first kappa shape index (κ1) is 13.3. The van der Waals surface area contributed by atoms with Crippen LogP contribution in [-0.4, -0.2) is 14.8 Å². The summed E-state index contributed by atoms with van der Waals surface area (Å²) in [6.07, 6.45) is 4.62. The summed E-state index contributed by atoms with van der Waals surface area (Å²) in [5.41, 5.74) is 9.42. The molecule has 0 aliphatic heterocycles. The third kappa shape index (κ3) is 2.59. The molecular formula is C15H18N4S. The summed E-state index contributed by atoms with van der Waals surface area (Å²) in [5, 5.41) is 6.60. The van der Waals surface area contributed by atoms with Gasteiger partial charge in [0.2, 0.25) is 0 Å². The van der Waals surface area contributed by atoms with E-state index >= 15 is 0 Å². The van der Waals surface area contributed by atoms with Gasteiger partial charge in [0.1, 0.15) is 0 Å². The molecule has 0 fully saturated rings. The predicted octanol–water partition coefficient (Wildman–Crippen LogP) is 3.32. The molecular weight excluding hydrogens is 268 g/mol. The quantitative estimate of drug-likeness (QED) is 0.800. The second-order valence-electron chi connectivity index (χ2n) is 5.26. The number of nitrogens with two attached hydrogens (primary N) is 1. The van der Waals surface area contributed by atoms with Crippen LogP contribution in [0, 0.1) is 0 Å². The molecule has 0 aromatic carbocycles. The minimum Gasteiger partial charge on any atom is -0.324 e. The molecule has 3 rings (SSSR count). The Bertz CT molecular complexity index is 713. The maximum atomic E-state index is 6.29. The molecule has 1 atom stereocenters. The van der Waals surface area contributed by atoms with Crippen LogP contribution in [0.25, 0.3) is 10.2 Å². The molecule has 0 radical (unpaired) electrons. The molecule has 0 aliphatic carbocycles. The summed E-state index contributed by atoms with van der Waals surface area (Å²) in [6, 6.07) is 6.52. The predicted molar refractivity (Wildman–Crippen MR) is 82.9 cm³/mol. The van der Waals surface area contributed by atoms with Crippen molar-refractivity contribution in [3.63, 3.8) is 0 Å². The summed E-state index contributed by atoms with van der Waals surface area (Å²) >= 11 is 1.70. The Labute approximate surface area is 122 Å². The molecule has 3 aromatic heterocycles. The molecule has 0 spiro atoms. The van der Waals surface area contributed by atoms with Crippen molar-refractivity contribution in [2.45, 2.75) is 32.4 Å². The molecule has 3 aromatic rings. The lowest BCUT2D eigenvalue weighted by molar-refractivity contribution is 0.522. The van der Waals surface area contributed by atoms with E-state index in [1.54, 1.807) is 11.3 Å². The number of fused-ring (bicyclic) bond motifs is 1. The SMILES string of the molecule is CC(C)n1ccc(CC(N)c2cnc3ccsc3c2)n1. The molecule has 104 valence electrons. The molecule has 1 unspecified atom stereocenters. The fraction of sp³-hybridized carbons (Fsp3) is 0.333. The number of aromatic nitrogens is 3. The lowest BCUT2D eigenvalue weighted by atomic mass is 10.1. The summed E-state index contributed by atoms with van der Waals surface area (Å²) < 4.78 is 3.15. The van der Waals surface area contributed by atoms with Crippen molar-refractivity contribution in [1.29, 1.82) is 0 Å². The van der Waals surface area contributed by atoms with Crippen LogP contribution in [0.1, 0.15) is 37.2 Å². The Kier molecular flexibility index (Phi) is 3.54. The van der Waals surface area contributed by atoms with Gasteiger partial charge in [-0.1, -0.05) is 0 Å². The first-order chi connectivity index (χ1) is 9.63. The van der Waals surface area contributed by atoms with E-state index in [1.165, 1.54) is 4.70 Å². The second-order valence-corrected chi connectivity index (χ2v) is 6.21. The lowest BCUT2D eigenvalue weighted by Crippen LogP contribution is -2.14. The van der Waals surface area contributed by atoms with Crippen molar-refractivity contribution in [2.75, 3.05) is 0 Å². The number of rotatable bonds is 4. The van der Waals surface area contributed by atoms with E-state index in [4.69, 9.17) is 5.73 Å². The normalized spacial score (nSPS) is 13.2. The van der Waals surface area contributed by atoms with Gasteiger partial charge < -0.3 is 5.73 Å². The lowest BCUT2D eigenvalue weighted by Gasteiger charge is -2.10. The monoisotopic (exact) mass is 286 g/mol. The van der Waals surface area contributed by atoms with E-state index in [1.807, 2.05) is 29.2 Å². The number of hydrogen-bond acceptors (Lipinski definition) is 4. The summed E-state index contributed by atoms with van der Waals surface area (Å²) in [4.78, 5) is 4.44. The molecule has 5 heteroatoms. The molecule has 0 amide bonds. The highest BCUT2D eigenvalue weighted by Crippen LogP contribution is 2.23. The van der Waals surface area contributed by atoms with Crippen molar-refractivity contribution >= 4 is 21.6 Å². The molecule has 0 aliphatic rings. The smallest absolute Gasteiger partial charge is 0.0809 e. The van der Waals surface area contributed by atoms with E-state index in [0.29, 0.717) is 6.04 Å². The van der Waals surface area contributed by atoms with E-state index in [-0.39, 0.29) is 6.04 Å². The molecule has 20 heavy (non-hydrogen) atoms. The van der Waals surface area contributed by atoms with Crippen LogP contribution in [0.3, 0.4) is 0 Å². The van der Waals surface area contributed by atoms with Crippen molar-refractivity contribution < 1.29 is 0 Å². The van der Waals surface area contributed by atoms with Crippen LogP contribution in [-0.2, 0) is 6.42 Å². The molecule has 0 saturated heterocycles. The summed E-state index contributed by atoms with van der Waals surface area (Å²) in [7, 11) is 0. The maximum Gasteiger partial charge on any atom is 0.0809 e. The van der Waals surface area contributed by atoms with Crippen molar-refractivity contribution in [3.05, 3.63) is 47.2 Å². The van der Waals surface area contributed by atoms with Crippen molar-refractivity contribution in [2.24, 2.45) is 5.73 Å². The van der Waals surface area contributed by atoms with Gasteiger partial charge in [-0.25, -0.2) is 0 Å². The topological polar surface area (TPSA) is 56.7 Å². The molecule has 0 saturated carbocycles. The fourth-order valence-electron chi connectivity index (χ4n) is 2.18. The highest BCUT2D eigenvalue weighted by Gasteiger charge is 2.11. The van der Waals surface area contributed by atoms with Gasteiger partial charge in [0.15, 0.2) is 0 Å². The Morgan fingerprint density at radius 2 is 2.20 bits per heavy atom.